The minimum Gasteiger partial charge on any atom is -0.481 e. The fourth-order valence-electron chi connectivity index (χ4n) is 2.89. The molecule has 0 aliphatic carbocycles. The smallest absolute Gasteiger partial charge is 0.308 e. The fourth-order valence-corrected chi connectivity index (χ4v) is 4.79. The first kappa shape index (κ1) is 18.2. The van der Waals surface area contributed by atoms with Crippen LogP contribution in [0.1, 0.15) is 12.8 Å². The highest BCUT2D eigenvalue weighted by Crippen LogP contribution is 2.29. The average molecular weight is 380 g/mol. The van der Waals surface area contributed by atoms with Gasteiger partial charge in [-0.2, -0.15) is 0 Å². The number of hydrogen-bond acceptors (Lipinski definition) is 6. The number of nitrogens with one attached hydrogen (secondary N) is 1. The van der Waals surface area contributed by atoms with Crippen LogP contribution in [-0.4, -0.2) is 47.5 Å². The lowest BCUT2D eigenvalue weighted by Crippen LogP contribution is -2.39. The molecule has 1 fully saturated rings. The second-order valence-corrected chi connectivity index (χ2v) is 8.19. The quantitative estimate of drug-likeness (QED) is 0.718. The van der Waals surface area contributed by atoms with Gasteiger partial charge in [0.2, 0.25) is 5.91 Å². The molecule has 1 unspecified atom stereocenters. The molecule has 25 heavy (non-hydrogen) atoms. The van der Waals surface area contributed by atoms with Crippen LogP contribution in [0.4, 0.5) is 0 Å². The molecule has 1 saturated heterocycles. The largest absolute Gasteiger partial charge is 0.481 e. The molecule has 0 bridgehead atoms. The van der Waals surface area contributed by atoms with Gasteiger partial charge in [-0.25, -0.2) is 4.98 Å². The number of aliphatic carboxylic acids is 1. The number of benzene rings is 1. The number of nitrogens with zero attached hydrogens (tertiary/aromatic N) is 1. The Bertz CT molecular complexity index is 710. The number of rotatable bonds is 7. The molecule has 1 aliphatic heterocycles. The van der Waals surface area contributed by atoms with Gasteiger partial charge in [0.1, 0.15) is 0 Å². The summed E-state index contributed by atoms with van der Waals surface area (Å²) in [7, 11) is 0. The summed E-state index contributed by atoms with van der Waals surface area (Å²) in [6.45, 7) is 1.35. The molecule has 1 aliphatic rings. The molecule has 2 aromatic rings. The van der Waals surface area contributed by atoms with E-state index in [0.29, 0.717) is 13.2 Å². The Morgan fingerprint density at radius 2 is 2.12 bits per heavy atom. The van der Waals surface area contributed by atoms with Crippen molar-refractivity contribution in [3.63, 3.8) is 0 Å². The monoisotopic (exact) mass is 380 g/mol. The summed E-state index contributed by atoms with van der Waals surface area (Å²) in [5, 5.41) is 12.2. The van der Waals surface area contributed by atoms with E-state index in [-0.39, 0.29) is 24.1 Å². The highest BCUT2D eigenvalue weighted by atomic mass is 32.2. The number of carboxylic acid groups (broad SMARTS) is 1. The van der Waals surface area contributed by atoms with E-state index in [2.05, 4.69) is 10.3 Å². The zero-order valence-corrected chi connectivity index (χ0v) is 15.3. The first-order valence-corrected chi connectivity index (χ1v) is 9.99. The van der Waals surface area contributed by atoms with Gasteiger partial charge < -0.3 is 15.2 Å². The molecule has 0 spiro atoms. The van der Waals surface area contributed by atoms with Crippen molar-refractivity contribution < 1.29 is 19.4 Å². The number of carbonyl (C=O) groups is 2. The lowest BCUT2D eigenvalue weighted by molar-refractivity contribution is -0.144. The Hall–Kier alpha value is -1.64. The van der Waals surface area contributed by atoms with Crippen LogP contribution < -0.4 is 5.32 Å². The van der Waals surface area contributed by atoms with Crippen LogP contribution in [0.2, 0.25) is 0 Å². The number of carboxylic acids is 1. The summed E-state index contributed by atoms with van der Waals surface area (Å²) >= 11 is 2.93. The molecule has 0 radical (unpaired) electrons. The number of amides is 1. The number of thiazole rings is 1. The van der Waals surface area contributed by atoms with Gasteiger partial charge in [-0.05, 0) is 30.9 Å². The third-order valence-electron chi connectivity index (χ3n) is 4.27. The minimum absolute atomic E-state index is 0.0588. The van der Waals surface area contributed by atoms with Crippen molar-refractivity contribution in [2.75, 3.05) is 25.5 Å². The van der Waals surface area contributed by atoms with Crippen LogP contribution in [0, 0.1) is 11.8 Å². The van der Waals surface area contributed by atoms with Crippen LogP contribution in [0.5, 0.6) is 0 Å². The number of para-hydroxylation sites is 1. The van der Waals surface area contributed by atoms with E-state index in [0.717, 1.165) is 27.4 Å². The van der Waals surface area contributed by atoms with Crippen LogP contribution in [-0.2, 0) is 14.3 Å². The lowest BCUT2D eigenvalue weighted by Gasteiger charge is -2.27. The van der Waals surface area contributed by atoms with Crippen molar-refractivity contribution in [2.45, 2.75) is 17.2 Å². The summed E-state index contributed by atoms with van der Waals surface area (Å²) in [4.78, 5) is 28.0. The summed E-state index contributed by atoms with van der Waals surface area (Å²) in [6, 6.07) is 7.85. The normalized spacial score (nSPS) is 16.6. The van der Waals surface area contributed by atoms with E-state index in [1.165, 1.54) is 11.8 Å². The van der Waals surface area contributed by atoms with Crippen molar-refractivity contribution in [3.05, 3.63) is 24.3 Å². The summed E-state index contributed by atoms with van der Waals surface area (Å²) in [5.74, 6) is -1.28. The molecule has 0 saturated carbocycles. The van der Waals surface area contributed by atoms with Crippen LogP contribution in [0.15, 0.2) is 28.6 Å². The molecular formula is C17H20N2O4S2. The Kier molecular flexibility index (Phi) is 6.28. The first-order chi connectivity index (χ1) is 12.1. The number of thioether (sulfide) groups is 1. The predicted molar refractivity (Wildman–Crippen MR) is 98.0 cm³/mol. The third-order valence-corrected chi connectivity index (χ3v) is 6.45. The number of carbonyl (C=O) groups excluding carboxylic acids is 1. The molecule has 1 aromatic carbocycles. The van der Waals surface area contributed by atoms with Crippen molar-refractivity contribution in [1.82, 2.24) is 10.3 Å². The SMILES string of the molecule is O=C(CSc1nc2ccccc2s1)NCC(C(=O)O)C1CCOCC1. The topological polar surface area (TPSA) is 88.5 Å². The predicted octanol–water partition coefficient (Wildman–Crippen LogP) is 2.63. The average Bonchev–Trinajstić information content (AvgIpc) is 3.04. The summed E-state index contributed by atoms with van der Waals surface area (Å²) < 4.78 is 7.21. The van der Waals surface area contributed by atoms with Gasteiger partial charge in [-0.3, -0.25) is 9.59 Å². The molecule has 2 heterocycles. The molecule has 2 N–H and O–H groups in total. The van der Waals surface area contributed by atoms with E-state index < -0.39 is 11.9 Å². The second kappa shape index (κ2) is 8.64. The van der Waals surface area contributed by atoms with E-state index in [4.69, 9.17) is 4.74 Å². The molecule has 1 aromatic heterocycles. The Labute approximate surface area is 154 Å². The van der Waals surface area contributed by atoms with Crippen molar-refractivity contribution in [3.8, 4) is 0 Å². The number of hydrogen-bond donors (Lipinski definition) is 2. The molecule has 8 heteroatoms. The van der Waals surface area contributed by atoms with Crippen LogP contribution in [0.25, 0.3) is 10.2 Å². The van der Waals surface area contributed by atoms with Crippen molar-refractivity contribution in [1.29, 1.82) is 0 Å². The van der Waals surface area contributed by atoms with E-state index in [1.807, 2.05) is 24.3 Å². The van der Waals surface area contributed by atoms with Crippen molar-refractivity contribution >= 4 is 45.2 Å². The number of aromatic nitrogens is 1. The molecule has 6 nitrogen and oxygen atoms in total. The van der Waals surface area contributed by atoms with Crippen LogP contribution >= 0.6 is 23.1 Å². The third kappa shape index (κ3) is 4.93. The minimum atomic E-state index is -0.856. The van der Waals surface area contributed by atoms with E-state index in [1.54, 1.807) is 11.3 Å². The Morgan fingerprint density at radius 3 is 2.84 bits per heavy atom. The van der Waals surface area contributed by atoms with Gasteiger partial charge >= 0.3 is 5.97 Å². The highest BCUT2D eigenvalue weighted by molar-refractivity contribution is 8.01. The summed E-state index contributed by atoms with van der Waals surface area (Å²) in [5.41, 5.74) is 0.931. The number of ether oxygens (including phenoxy) is 1. The van der Waals surface area contributed by atoms with Gasteiger partial charge in [0.15, 0.2) is 4.34 Å². The maximum Gasteiger partial charge on any atom is 0.308 e. The molecule has 1 atom stereocenters. The van der Waals surface area contributed by atoms with Crippen molar-refractivity contribution in [2.24, 2.45) is 11.8 Å². The standard InChI is InChI=1S/C17H20N2O4S2/c20-15(10-24-17-19-13-3-1-2-4-14(13)25-17)18-9-12(16(21)22)11-5-7-23-8-6-11/h1-4,11-12H,5-10H2,(H,18,20)(H,21,22). The molecule has 134 valence electrons. The van der Waals surface area contributed by atoms with Gasteiger partial charge in [0.25, 0.3) is 0 Å². The van der Waals surface area contributed by atoms with E-state index >= 15 is 0 Å². The van der Waals surface area contributed by atoms with Gasteiger partial charge in [0.05, 0.1) is 21.9 Å². The zero-order valence-electron chi connectivity index (χ0n) is 13.6. The highest BCUT2D eigenvalue weighted by Gasteiger charge is 2.29. The first-order valence-electron chi connectivity index (χ1n) is 8.19. The van der Waals surface area contributed by atoms with Gasteiger partial charge in [0, 0.05) is 19.8 Å². The lowest BCUT2D eigenvalue weighted by atomic mass is 9.86. The molecule has 1 amide bonds. The Morgan fingerprint density at radius 1 is 1.36 bits per heavy atom. The van der Waals surface area contributed by atoms with Gasteiger partial charge in [-0.1, -0.05) is 23.9 Å². The number of fused-ring (bicyclic) bond motifs is 1. The van der Waals surface area contributed by atoms with Gasteiger partial charge in [-0.15, -0.1) is 11.3 Å². The second-order valence-electron chi connectivity index (χ2n) is 5.93. The maximum absolute atomic E-state index is 12.1. The Balaban J connectivity index is 1.48. The van der Waals surface area contributed by atoms with Crippen LogP contribution in [0.3, 0.4) is 0 Å². The summed E-state index contributed by atoms with van der Waals surface area (Å²) in [6.07, 6.45) is 1.46. The molecular weight excluding hydrogens is 360 g/mol. The fraction of sp³-hybridized carbons (Fsp3) is 0.471. The maximum atomic E-state index is 12.1. The zero-order chi connectivity index (χ0) is 17.6. The molecule has 3 rings (SSSR count). The van der Waals surface area contributed by atoms with E-state index in [9.17, 15) is 14.7 Å².